The summed E-state index contributed by atoms with van der Waals surface area (Å²) in [6.45, 7) is 5.94. The van der Waals surface area contributed by atoms with Crippen LogP contribution in [0.4, 0.5) is 0 Å². The van der Waals surface area contributed by atoms with Crippen molar-refractivity contribution in [3.05, 3.63) is 7.43 Å². The second kappa shape index (κ2) is 24.6. The summed E-state index contributed by atoms with van der Waals surface area (Å²) in [5.74, 6) is 0.130. The molecule has 2 unspecified atom stereocenters. The van der Waals surface area contributed by atoms with Crippen molar-refractivity contribution in [1.82, 2.24) is 0 Å². The molecule has 15 heavy (non-hydrogen) atoms. The molecule has 0 rings (SSSR count). The van der Waals surface area contributed by atoms with E-state index < -0.39 is 0 Å². The zero-order chi connectivity index (χ0) is 9.98. The Labute approximate surface area is 134 Å². The van der Waals surface area contributed by atoms with E-state index >= 15 is 0 Å². The van der Waals surface area contributed by atoms with Gasteiger partial charge in [0.25, 0.3) is 0 Å². The van der Waals surface area contributed by atoms with Gasteiger partial charge in [-0.25, -0.2) is 0 Å². The normalized spacial score (nSPS) is 11.3. The Bertz CT molecular complexity index is 103. The van der Waals surface area contributed by atoms with E-state index in [1.807, 2.05) is 20.1 Å². The number of aliphatic hydroxyl groups is 1. The van der Waals surface area contributed by atoms with Crippen molar-refractivity contribution in [2.45, 2.75) is 33.3 Å². The Morgan fingerprint density at radius 2 is 1.80 bits per heavy atom. The predicted molar refractivity (Wildman–Crippen MR) is 55.1 cm³/mol. The summed E-state index contributed by atoms with van der Waals surface area (Å²) < 4.78 is 4.55. The third-order valence-electron chi connectivity index (χ3n) is 1.22. The molecule has 0 bridgehead atoms. The maximum absolute atomic E-state index is 9.61. The van der Waals surface area contributed by atoms with Crippen LogP contribution in [0, 0.1) is 13.3 Å². The molecule has 0 fully saturated rings. The molecule has 1 N–H and O–H groups in total. The Morgan fingerprint density at radius 3 is 1.80 bits per heavy atom. The van der Waals surface area contributed by atoms with Crippen molar-refractivity contribution in [2.75, 3.05) is 13.7 Å². The molecule has 89 valence electrons. The Kier molecular flexibility index (Phi) is 49.0. The second-order valence-corrected chi connectivity index (χ2v) is 2.73. The molecule has 1 radical (unpaired) electrons. The van der Waals surface area contributed by atoms with Gasteiger partial charge in [0.15, 0.2) is 0 Å². The van der Waals surface area contributed by atoms with Gasteiger partial charge in [0, 0.05) is 39.8 Å². The first-order chi connectivity index (χ1) is 5.58. The Morgan fingerprint density at radius 1 is 1.40 bits per heavy atom. The molecular weight excluding hydrogens is 441 g/mol. The van der Waals surface area contributed by atoms with E-state index in [1.165, 1.54) is 0 Å². The van der Waals surface area contributed by atoms with Crippen molar-refractivity contribution in [3.63, 3.8) is 0 Å². The van der Waals surface area contributed by atoms with Gasteiger partial charge in [0.05, 0.1) is 12.7 Å². The fourth-order valence-corrected chi connectivity index (χ4v) is 0.325. The van der Waals surface area contributed by atoms with Gasteiger partial charge in [-0.2, -0.15) is 0 Å². The summed E-state index contributed by atoms with van der Waals surface area (Å²) in [6.07, 6.45) is 2.45. The van der Waals surface area contributed by atoms with E-state index in [1.54, 1.807) is 14.0 Å². The van der Waals surface area contributed by atoms with Gasteiger partial charge >= 0.3 is 21.1 Å². The molecule has 3 nitrogen and oxygen atoms in total. The summed E-state index contributed by atoms with van der Waals surface area (Å²) in [5.41, 5.74) is 0. The summed E-state index contributed by atoms with van der Waals surface area (Å²) in [4.78, 5) is 9.61. The second-order valence-electron chi connectivity index (χ2n) is 2.73. The number of ether oxygens (including phenoxy) is 1. The third-order valence-corrected chi connectivity index (χ3v) is 1.22. The number of hydrogen-bond acceptors (Lipinski definition) is 3. The first-order valence-corrected chi connectivity index (χ1v) is 4.13. The van der Waals surface area contributed by atoms with Crippen LogP contribution in [0.25, 0.3) is 0 Å². The van der Waals surface area contributed by atoms with E-state index in [-0.39, 0.29) is 73.2 Å². The molecule has 5 heteroatoms. The molecule has 0 aliphatic rings. The van der Waals surface area contributed by atoms with Crippen LogP contribution in [0.1, 0.15) is 27.2 Å². The minimum absolute atomic E-state index is 0. The summed E-state index contributed by atoms with van der Waals surface area (Å²) in [5, 5.41) is 8.43. The van der Waals surface area contributed by atoms with Gasteiger partial charge in [-0.15, -0.1) is 5.92 Å². The molecule has 0 heterocycles. The van der Waals surface area contributed by atoms with E-state index in [4.69, 9.17) is 5.11 Å². The topological polar surface area (TPSA) is 46.5 Å². The average Bonchev–Trinajstić information content (AvgIpc) is 2.04. The van der Waals surface area contributed by atoms with Gasteiger partial charge in [-0.3, -0.25) is 6.29 Å². The standard InChI is InChI=1S/C5H9O.C4H10O2.CH3.W.Y/c1-3-5(2)4-6;1-4(5)3-6-2;;;/h5H,3H2,1-2H3;4-5H,3H2,1-2H3;1H3;;/q-1;;-1;+2;. The van der Waals surface area contributed by atoms with Crippen LogP contribution in [-0.2, 0) is 63.3 Å². The van der Waals surface area contributed by atoms with E-state index in [9.17, 15) is 4.79 Å². The summed E-state index contributed by atoms with van der Waals surface area (Å²) in [6, 6.07) is 0. The van der Waals surface area contributed by atoms with Gasteiger partial charge in [0.1, 0.15) is 0 Å². The van der Waals surface area contributed by atoms with Crippen molar-refractivity contribution >= 4 is 6.29 Å². The van der Waals surface area contributed by atoms with Gasteiger partial charge in [-0.05, 0) is 6.92 Å². The molecule has 0 saturated carbocycles. The van der Waals surface area contributed by atoms with Crippen LogP contribution in [0.2, 0.25) is 0 Å². The van der Waals surface area contributed by atoms with Crippen molar-refractivity contribution in [3.8, 4) is 0 Å². The monoisotopic (exact) mass is 463 g/mol. The van der Waals surface area contributed by atoms with Gasteiger partial charge in [0.2, 0.25) is 0 Å². The first-order valence-electron chi connectivity index (χ1n) is 4.13. The Balaban J connectivity index is -0.0000000370. The quantitative estimate of drug-likeness (QED) is 0.645. The summed E-state index contributed by atoms with van der Waals surface area (Å²) >= 11 is 0. The maximum atomic E-state index is 9.61. The Hall–Kier alpha value is 1.38. The molecule has 0 saturated heterocycles. The third kappa shape index (κ3) is 39.2. The summed E-state index contributed by atoms with van der Waals surface area (Å²) in [7, 11) is 1.56. The van der Waals surface area contributed by atoms with Crippen LogP contribution in [0.5, 0.6) is 0 Å². The van der Waals surface area contributed by atoms with E-state index in [0.717, 1.165) is 6.42 Å². The van der Waals surface area contributed by atoms with Gasteiger partial charge in [-0.1, -0.05) is 20.3 Å². The molecule has 0 aromatic carbocycles. The number of rotatable bonds is 4. The van der Waals surface area contributed by atoms with Crippen LogP contribution in [0.3, 0.4) is 0 Å². The van der Waals surface area contributed by atoms with E-state index in [0.29, 0.717) is 6.61 Å². The van der Waals surface area contributed by atoms with Crippen LogP contribution in [0.15, 0.2) is 0 Å². The molecular formula is C10H22O3WY. The molecule has 0 aromatic rings. The van der Waals surface area contributed by atoms with Crippen LogP contribution >= 0.6 is 0 Å². The molecule has 0 amide bonds. The zero-order valence-electron chi connectivity index (χ0n) is 10.3. The number of methoxy groups -OCH3 is 1. The van der Waals surface area contributed by atoms with E-state index in [2.05, 4.69) is 4.74 Å². The SMILES string of the molecule is CCC(C)[C-]=O.COCC(C)O.[CH3-].[W+2].[Y]. The molecule has 0 aliphatic heterocycles. The number of aliphatic hydroxyl groups excluding tert-OH is 1. The van der Waals surface area contributed by atoms with Crippen molar-refractivity contribution < 1.29 is 68.4 Å². The molecule has 0 aromatic heterocycles. The van der Waals surface area contributed by atoms with Crippen LogP contribution < -0.4 is 0 Å². The van der Waals surface area contributed by atoms with Crippen molar-refractivity contribution in [1.29, 1.82) is 0 Å². The number of carbonyl (C=O) groups excluding carboxylic acids is 1. The fraction of sp³-hybridized carbons (Fsp3) is 0.800. The van der Waals surface area contributed by atoms with Crippen molar-refractivity contribution in [2.24, 2.45) is 5.92 Å². The average molecular weight is 463 g/mol. The molecule has 0 spiro atoms. The molecule has 0 aliphatic carbocycles. The predicted octanol–water partition coefficient (Wildman–Crippen LogP) is 1.60. The fourth-order valence-electron chi connectivity index (χ4n) is 0.325. The maximum Gasteiger partial charge on any atom is 2.00 e. The zero-order valence-corrected chi connectivity index (χ0v) is 16.1. The smallest absolute Gasteiger partial charge is 0.542 e. The number of hydrogen-bond donors (Lipinski definition) is 1. The van der Waals surface area contributed by atoms with Crippen LogP contribution in [-0.4, -0.2) is 31.2 Å². The first kappa shape index (κ1) is 29.9. The minimum Gasteiger partial charge on any atom is -0.542 e. The minimum atomic E-state index is -0.324. The largest absolute Gasteiger partial charge is 2.00 e. The van der Waals surface area contributed by atoms with Gasteiger partial charge < -0.3 is 22.1 Å². The molecule has 2 atom stereocenters.